The number of likely N-dealkylation sites (tertiary alicyclic amines) is 1. The molecule has 0 aromatic heterocycles. The van der Waals surface area contributed by atoms with Crippen LogP contribution in [0.3, 0.4) is 0 Å². The first kappa shape index (κ1) is 30.8. The normalized spacial score (nSPS) is 14.9. The van der Waals surface area contributed by atoms with Crippen molar-refractivity contribution in [3.63, 3.8) is 0 Å². The molecule has 5 rings (SSSR count). The van der Waals surface area contributed by atoms with E-state index in [1.165, 1.54) is 12.1 Å². The average Bonchev–Trinajstić information content (AvgIpc) is 2.98. The third kappa shape index (κ3) is 7.01. The van der Waals surface area contributed by atoms with Crippen LogP contribution in [0.25, 0.3) is 11.1 Å². The zero-order valence-corrected chi connectivity index (χ0v) is 23.4. The molecule has 1 aliphatic rings. The number of carbonyl (C=O) groups excluding carboxylic acids is 1. The van der Waals surface area contributed by atoms with Crippen LogP contribution in [0.5, 0.6) is 0 Å². The summed E-state index contributed by atoms with van der Waals surface area (Å²) in [6.45, 7) is 1.32. The molecular formula is C33H30ClF3N2O3. The Morgan fingerprint density at radius 1 is 0.810 bits per heavy atom. The number of rotatable bonds is 7. The smallest absolute Gasteiger partial charge is 0.416 e. The summed E-state index contributed by atoms with van der Waals surface area (Å²) in [5, 5.41) is 12.7. The van der Waals surface area contributed by atoms with Crippen LogP contribution in [0.2, 0.25) is 0 Å². The highest BCUT2D eigenvalue weighted by Crippen LogP contribution is 2.34. The van der Waals surface area contributed by atoms with Crippen molar-refractivity contribution in [1.82, 2.24) is 4.90 Å². The highest BCUT2D eigenvalue weighted by atomic mass is 35.5. The van der Waals surface area contributed by atoms with Crippen molar-refractivity contribution < 1.29 is 27.9 Å². The summed E-state index contributed by atoms with van der Waals surface area (Å²) >= 11 is 0. The largest absolute Gasteiger partial charge is 0.480 e. The molecule has 1 heterocycles. The quantitative estimate of drug-likeness (QED) is 0.227. The number of hydrogen-bond donors (Lipinski definition) is 2. The maximum absolute atomic E-state index is 13.1. The predicted molar refractivity (Wildman–Crippen MR) is 159 cm³/mol. The van der Waals surface area contributed by atoms with Gasteiger partial charge in [0, 0.05) is 11.3 Å². The van der Waals surface area contributed by atoms with E-state index in [1.54, 1.807) is 24.3 Å². The van der Waals surface area contributed by atoms with Crippen LogP contribution < -0.4 is 5.32 Å². The van der Waals surface area contributed by atoms with Crippen molar-refractivity contribution in [2.24, 2.45) is 0 Å². The maximum atomic E-state index is 13.1. The van der Waals surface area contributed by atoms with Crippen LogP contribution in [-0.4, -0.2) is 35.0 Å². The van der Waals surface area contributed by atoms with E-state index in [2.05, 4.69) is 5.32 Å². The van der Waals surface area contributed by atoms with Crippen LogP contribution in [0, 0.1) is 0 Å². The molecule has 2 N–H and O–H groups in total. The lowest BCUT2D eigenvalue weighted by atomic mass is 9.88. The molecule has 0 saturated carbocycles. The van der Waals surface area contributed by atoms with Gasteiger partial charge in [-0.15, -0.1) is 12.4 Å². The van der Waals surface area contributed by atoms with Gasteiger partial charge in [-0.3, -0.25) is 14.5 Å². The number of carbonyl (C=O) groups is 2. The van der Waals surface area contributed by atoms with E-state index in [0.29, 0.717) is 35.5 Å². The first-order valence-corrected chi connectivity index (χ1v) is 13.4. The summed E-state index contributed by atoms with van der Waals surface area (Å²) < 4.78 is 38.9. The number of benzene rings is 4. The Bertz CT molecular complexity index is 1500. The molecule has 1 amide bonds. The van der Waals surface area contributed by atoms with Gasteiger partial charge in [0.05, 0.1) is 5.56 Å². The molecule has 9 heteroatoms. The van der Waals surface area contributed by atoms with Crippen molar-refractivity contribution in [1.29, 1.82) is 0 Å². The lowest BCUT2D eigenvalue weighted by Gasteiger charge is -2.36. The number of nitrogens with zero attached hydrogens (tertiary/aromatic N) is 1. The van der Waals surface area contributed by atoms with E-state index in [1.807, 2.05) is 59.5 Å². The Labute approximate surface area is 248 Å². The third-order valence-corrected chi connectivity index (χ3v) is 7.58. The third-order valence-electron chi connectivity index (χ3n) is 7.58. The molecular weight excluding hydrogens is 565 g/mol. The van der Waals surface area contributed by atoms with Crippen LogP contribution in [-0.2, 0) is 11.0 Å². The molecule has 1 unspecified atom stereocenters. The number of piperidine rings is 1. The molecule has 0 radical (unpaired) electrons. The number of nitrogens with one attached hydrogen (secondary N) is 1. The van der Waals surface area contributed by atoms with E-state index in [4.69, 9.17) is 0 Å². The summed E-state index contributed by atoms with van der Waals surface area (Å²) in [7, 11) is 0. The van der Waals surface area contributed by atoms with Crippen LogP contribution in [0.4, 0.5) is 18.9 Å². The fourth-order valence-electron chi connectivity index (χ4n) is 5.44. The van der Waals surface area contributed by atoms with Crippen molar-refractivity contribution in [3.8, 4) is 11.1 Å². The topological polar surface area (TPSA) is 69.6 Å². The first-order chi connectivity index (χ1) is 19.7. The Balaban J connectivity index is 0.00000405. The molecule has 1 atom stereocenters. The Morgan fingerprint density at radius 2 is 1.40 bits per heavy atom. The van der Waals surface area contributed by atoms with Crippen LogP contribution >= 0.6 is 12.4 Å². The fraction of sp³-hybridized carbons (Fsp3) is 0.212. The summed E-state index contributed by atoms with van der Waals surface area (Å²) in [6.07, 6.45) is -2.78. The molecule has 5 nitrogen and oxygen atoms in total. The highest BCUT2D eigenvalue weighted by molar-refractivity contribution is 6.08. The minimum atomic E-state index is -4.43. The van der Waals surface area contributed by atoms with Crippen LogP contribution in [0.15, 0.2) is 103 Å². The molecule has 0 spiro atoms. The molecule has 4 aromatic carbocycles. The van der Waals surface area contributed by atoms with Gasteiger partial charge in [-0.1, -0.05) is 72.8 Å². The monoisotopic (exact) mass is 594 g/mol. The van der Waals surface area contributed by atoms with Crippen LogP contribution in [0.1, 0.15) is 51.8 Å². The number of carboxylic acid groups (broad SMARTS) is 1. The molecule has 1 aliphatic heterocycles. The molecule has 42 heavy (non-hydrogen) atoms. The Hall–Kier alpha value is -4.14. The highest BCUT2D eigenvalue weighted by Gasteiger charge is 2.32. The minimum Gasteiger partial charge on any atom is -0.480 e. The number of carboxylic acids is 1. The van der Waals surface area contributed by atoms with E-state index in [0.717, 1.165) is 36.1 Å². The average molecular weight is 595 g/mol. The van der Waals surface area contributed by atoms with Gasteiger partial charge < -0.3 is 10.4 Å². The van der Waals surface area contributed by atoms with E-state index in [9.17, 15) is 27.9 Å². The van der Waals surface area contributed by atoms with Gasteiger partial charge in [-0.2, -0.15) is 13.2 Å². The van der Waals surface area contributed by atoms with Gasteiger partial charge in [0.15, 0.2) is 0 Å². The molecule has 1 saturated heterocycles. The molecule has 0 aliphatic carbocycles. The van der Waals surface area contributed by atoms with Crippen molar-refractivity contribution in [2.75, 3.05) is 18.4 Å². The van der Waals surface area contributed by atoms with Crippen molar-refractivity contribution in [3.05, 3.63) is 125 Å². The second-order valence-corrected chi connectivity index (χ2v) is 10.2. The summed E-state index contributed by atoms with van der Waals surface area (Å²) in [5.74, 6) is -0.932. The summed E-state index contributed by atoms with van der Waals surface area (Å²) in [5.41, 5.74) is 3.17. The summed E-state index contributed by atoms with van der Waals surface area (Å²) in [6, 6.07) is 27.8. The second kappa shape index (κ2) is 13.2. The van der Waals surface area contributed by atoms with Gasteiger partial charge in [0.2, 0.25) is 0 Å². The number of hydrogen-bond acceptors (Lipinski definition) is 3. The minimum absolute atomic E-state index is 0. The fourth-order valence-corrected chi connectivity index (χ4v) is 5.44. The van der Waals surface area contributed by atoms with Gasteiger partial charge >= 0.3 is 12.1 Å². The molecule has 0 bridgehead atoms. The lowest BCUT2D eigenvalue weighted by Crippen LogP contribution is -2.39. The molecule has 218 valence electrons. The number of alkyl halides is 3. The summed E-state index contributed by atoms with van der Waals surface area (Å²) in [4.78, 5) is 27.2. The van der Waals surface area contributed by atoms with E-state index >= 15 is 0 Å². The van der Waals surface area contributed by atoms with Gasteiger partial charge in [0.1, 0.15) is 6.04 Å². The number of amides is 1. The van der Waals surface area contributed by atoms with E-state index in [-0.39, 0.29) is 24.2 Å². The molecule has 1 fully saturated rings. The zero-order valence-electron chi connectivity index (χ0n) is 22.6. The van der Waals surface area contributed by atoms with E-state index < -0.39 is 23.8 Å². The van der Waals surface area contributed by atoms with Gasteiger partial charge in [-0.25, -0.2) is 0 Å². The second-order valence-electron chi connectivity index (χ2n) is 10.2. The van der Waals surface area contributed by atoms with Gasteiger partial charge in [0.25, 0.3) is 5.91 Å². The maximum Gasteiger partial charge on any atom is 0.416 e. The van der Waals surface area contributed by atoms with Crippen molar-refractivity contribution >= 4 is 30.0 Å². The SMILES string of the molecule is Cl.O=C(Nc1ccc(C2CCN(C(C(=O)O)c3ccccc3)CC2)cc1)c1ccccc1-c1ccc(C(F)(F)F)cc1. The Kier molecular flexibility index (Phi) is 9.70. The number of halogens is 4. The Morgan fingerprint density at radius 3 is 2.00 bits per heavy atom. The molecule has 4 aromatic rings. The standard InChI is InChI=1S/C33H29F3N2O3.ClH/c34-33(35,36)26-14-10-24(11-15-26)28-8-4-5-9-29(28)31(39)37-27-16-12-22(13-17-27)23-18-20-38(21-19-23)30(32(40)41)25-6-2-1-3-7-25;/h1-17,23,30H,18-21H2,(H,37,39)(H,40,41);1H. The predicted octanol–water partition coefficient (Wildman–Crippen LogP) is 8.05. The first-order valence-electron chi connectivity index (χ1n) is 13.4. The zero-order chi connectivity index (χ0) is 29.0. The number of anilines is 1. The van der Waals surface area contributed by atoms with Gasteiger partial charge in [-0.05, 0) is 84.4 Å². The number of aliphatic carboxylic acids is 1. The van der Waals surface area contributed by atoms with Crippen molar-refractivity contribution in [2.45, 2.75) is 31.0 Å². The lowest BCUT2D eigenvalue weighted by molar-refractivity contribution is -0.144.